The highest BCUT2D eigenvalue weighted by molar-refractivity contribution is 5.86. The highest BCUT2D eigenvalue weighted by Crippen LogP contribution is 2.27. The predicted octanol–water partition coefficient (Wildman–Crippen LogP) is 2.67. The van der Waals surface area contributed by atoms with Crippen LogP contribution in [0.2, 0.25) is 0 Å². The Morgan fingerprint density at radius 2 is 2.03 bits per heavy atom. The van der Waals surface area contributed by atoms with E-state index >= 15 is 0 Å². The standard InChI is InChI=1S/C21H18N4O4/c1-27-19-12-15(7-8-17(19)28-11-9-22)13-24-25-20(26)14-29-18-6-2-4-16-5-3-10-23-21(16)18/h2-8,10,12-13H,11,14H2,1H3,(H,25,26)/b24-13+. The Kier molecular flexibility index (Phi) is 6.58. The third kappa shape index (κ3) is 5.20. The summed E-state index contributed by atoms with van der Waals surface area (Å²) < 4.78 is 16.0. The second-order valence-corrected chi connectivity index (χ2v) is 5.77. The van der Waals surface area contributed by atoms with Crippen LogP contribution < -0.4 is 19.6 Å². The molecule has 29 heavy (non-hydrogen) atoms. The number of pyridine rings is 1. The molecule has 0 radical (unpaired) electrons. The molecule has 0 bridgehead atoms. The smallest absolute Gasteiger partial charge is 0.277 e. The first-order chi connectivity index (χ1) is 14.2. The largest absolute Gasteiger partial charge is 0.493 e. The maximum Gasteiger partial charge on any atom is 0.277 e. The van der Waals surface area contributed by atoms with Gasteiger partial charge in [0, 0.05) is 11.6 Å². The van der Waals surface area contributed by atoms with E-state index in [1.807, 2.05) is 30.3 Å². The molecule has 0 aliphatic rings. The number of amides is 1. The first kappa shape index (κ1) is 19.6. The average molecular weight is 390 g/mol. The number of hydrogen-bond donors (Lipinski definition) is 1. The lowest BCUT2D eigenvalue weighted by Crippen LogP contribution is -2.24. The van der Waals surface area contributed by atoms with Gasteiger partial charge in [0.1, 0.15) is 17.3 Å². The van der Waals surface area contributed by atoms with E-state index < -0.39 is 5.91 Å². The van der Waals surface area contributed by atoms with E-state index in [0.29, 0.717) is 28.3 Å². The SMILES string of the molecule is COc1cc(/C=N/NC(=O)COc2cccc3cccnc23)ccc1OCC#N. The Labute approximate surface area is 167 Å². The van der Waals surface area contributed by atoms with Gasteiger partial charge in [-0.25, -0.2) is 5.43 Å². The van der Waals surface area contributed by atoms with E-state index in [-0.39, 0.29) is 13.2 Å². The Bertz CT molecular complexity index is 1070. The van der Waals surface area contributed by atoms with Gasteiger partial charge in [-0.1, -0.05) is 18.2 Å². The number of nitrogens with zero attached hydrogens (tertiary/aromatic N) is 3. The van der Waals surface area contributed by atoms with Gasteiger partial charge >= 0.3 is 0 Å². The molecule has 8 nitrogen and oxygen atoms in total. The summed E-state index contributed by atoms with van der Waals surface area (Å²) in [4.78, 5) is 16.3. The highest BCUT2D eigenvalue weighted by Gasteiger charge is 2.07. The van der Waals surface area contributed by atoms with Gasteiger partial charge in [-0.05, 0) is 35.9 Å². The van der Waals surface area contributed by atoms with Crippen molar-refractivity contribution in [3.05, 3.63) is 60.3 Å². The minimum absolute atomic E-state index is 0.0773. The second-order valence-electron chi connectivity index (χ2n) is 5.77. The molecule has 1 aromatic heterocycles. The molecule has 1 heterocycles. The summed E-state index contributed by atoms with van der Waals surface area (Å²) in [6.07, 6.45) is 3.14. The number of nitrogens with one attached hydrogen (secondary N) is 1. The van der Waals surface area contributed by atoms with E-state index in [2.05, 4.69) is 15.5 Å². The molecule has 2 aromatic carbocycles. The number of fused-ring (bicyclic) bond motifs is 1. The molecule has 146 valence electrons. The van der Waals surface area contributed by atoms with Crippen LogP contribution in [0.1, 0.15) is 5.56 Å². The topological polar surface area (TPSA) is 106 Å². The fourth-order valence-corrected chi connectivity index (χ4v) is 2.54. The van der Waals surface area contributed by atoms with Crippen LogP contribution in [0.5, 0.6) is 17.2 Å². The molecular formula is C21H18N4O4. The van der Waals surface area contributed by atoms with Crippen LogP contribution >= 0.6 is 0 Å². The minimum atomic E-state index is -0.407. The van der Waals surface area contributed by atoms with Crippen molar-refractivity contribution in [2.24, 2.45) is 5.10 Å². The van der Waals surface area contributed by atoms with E-state index in [4.69, 9.17) is 19.5 Å². The van der Waals surface area contributed by atoms with Crippen molar-refractivity contribution >= 4 is 23.0 Å². The van der Waals surface area contributed by atoms with Gasteiger partial charge in [0.15, 0.2) is 24.7 Å². The van der Waals surface area contributed by atoms with E-state index in [9.17, 15) is 4.79 Å². The number of nitriles is 1. The summed E-state index contributed by atoms with van der Waals surface area (Å²) in [5.74, 6) is 1.03. The third-order valence-corrected chi connectivity index (χ3v) is 3.84. The van der Waals surface area contributed by atoms with E-state index in [1.165, 1.54) is 13.3 Å². The lowest BCUT2D eigenvalue weighted by molar-refractivity contribution is -0.123. The number of ether oxygens (including phenoxy) is 3. The minimum Gasteiger partial charge on any atom is -0.493 e. The molecule has 0 spiro atoms. The Balaban J connectivity index is 1.56. The first-order valence-electron chi connectivity index (χ1n) is 8.67. The van der Waals surface area contributed by atoms with Crippen LogP contribution in [0.15, 0.2) is 59.8 Å². The van der Waals surface area contributed by atoms with Gasteiger partial charge in [-0.3, -0.25) is 9.78 Å². The van der Waals surface area contributed by atoms with Crippen molar-refractivity contribution in [2.45, 2.75) is 0 Å². The summed E-state index contributed by atoms with van der Waals surface area (Å²) >= 11 is 0. The zero-order valence-electron chi connectivity index (χ0n) is 15.7. The summed E-state index contributed by atoms with van der Waals surface area (Å²) in [6, 6.07) is 16.2. The molecular weight excluding hydrogens is 372 g/mol. The molecule has 8 heteroatoms. The van der Waals surface area contributed by atoms with Crippen molar-refractivity contribution in [1.29, 1.82) is 5.26 Å². The van der Waals surface area contributed by atoms with Gasteiger partial charge in [0.25, 0.3) is 5.91 Å². The van der Waals surface area contributed by atoms with Crippen LogP contribution in [-0.2, 0) is 4.79 Å². The number of benzene rings is 2. The Morgan fingerprint density at radius 3 is 2.86 bits per heavy atom. The molecule has 1 N–H and O–H groups in total. The molecule has 0 saturated carbocycles. The number of carbonyl (C=O) groups is 1. The van der Waals surface area contributed by atoms with Crippen LogP contribution in [0.3, 0.4) is 0 Å². The normalized spacial score (nSPS) is 10.5. The maximum absolute atomic E-state index is 12.0. The summed E-state index contributed by atoms with van der Waals surface area (Å²) in [6.45, 7) is -0.274. The number of hydrazone groups is 1. The molecule has 3 rings (SSSR count). The quantitative estimate of drug-likeness (QED) is 0.468. The molecule has 1 amide bonds. The Morgan fingerprint density at radius 1 is 1.17 bits per heavy atom. The van der Waals surface area contributed by atoms with Gasteiger partial charge in [0.2, 0.25) is 0 Å². The third-order valence-electron chi connectivity index (χ3n) is 3.84. The molecule has 0 aliphatic carbocycles. The fraction of sp³-hybridized carbons (Fsp3) is 0.143. The lowest BCUT2D eigenvalue weighted by Gasteiger charge is -2.09. The lowest BCUT2D eigenvalue weighted by atomic mass is 10.2. The van der Waals surface area contributed by atoms with Crippen LogP contribution in [0, 0.1) is 11.3 Å². The van der Waals surface area contributed by atoms with Crippen molar-refractivity contribution in [3.63, 3.8) is 0 Å². The van der Waals surface area contributed by atoms with Crippen LogP contribution in [0.25, 0.3) is 10.9 Å². The van der Waals surface area contributed by atoms with Gasteiger partial charge in [0.05, 0.1) is 13.3 Å². The average Bonchev–Trinajstić information content (AvgIpc) is 2.76. The number of aromatic nitrogens is 1. The zero-order valence-corrected chi connectivity index (χ0v) is 15.7. The number of rotatable bonds is 8. The predicted molar refractivity (Wildman–Crippen MR) is 107 cm³/mol. The van der Waals surface area contributed by atoms with Crippen molar-refractivity contribution in [2.75, 3.05) is 20.3 Å². The van der Waals surface area contributed by atoms with Crippen molar-refractivity contribution in [3.8, 4) is 23.3 Å². The second kappa shape index (κ2) is 9.71. The number of hydrogen-bond acceptors (Lipinski definition) is 7. The molecule has 0 saturated heterocycles. The highest BCUT2D eigenvalue weighted by atomic mass is 16.5. The molecule has 0 unspecified atom stereocenters. The zero-order chi connectivity index (χ0) is 20.5. The number of para-hydroxylation sites is 1. The van der Waals surface area contributed by atoms with Gasteiger partial charge in [-0.2, -0.15) is 10.4 Å². The molecule has 0 aliphatic heterocycles. The Hall–Kier alpha value is -4.12. The summed E-state index contributed by atoms with van der Waals surface area (Å²) in [5.41, 5.74) is 3.78. The summed E-state index contributed by atoms with van der Waals surface area (Å²) in [5, 5.41) is 13.4. The maximum atomic E-state index is 12.0. The molecule has 3 aromatic rings. The monoisotopic (exact) mass is 390 g/mol. The van der Waals surface area contributed by atoms with Crippen LogP contribution in [0.4, 0.5) is 0 Å². The van der Waals surface area contributed by atoms with Gasteiger partial charge in [-0.15, -0.1) is 0 Å². The first-order valence-corrected chi connectivity index (χ1v) is 8.67. The van der Waals surface area contributed by atoms with E-state index in [1.54, 1.807) is 30.5 Å². The molecule has 0 atom stereocenters. The summed E-state index contributed by atoms with van der Waals surface area (Å²) in [7, 11) is 1.50. The van der Waals surface area contributed by atoms with Gasteiger partial charge < -0.3 is 14.2 Å². The van der Waals surface area contributed by atoms with Crippen molar-refractivity contribution in [1.82, 2.24) is 10.4 Å². The van der Waals surface area contributed by atoms with Crippen LogP contribution in [-0.4, -0.2) is 37.4 Å². The fourth-order valence-electron chi connectivity index (χ4n) is 2.54. The molecule has 0 fully saturated rings. The van der Waals surface area contributed by atoms with E-state index in [0.717, 1.165) is 5.39 Å². The van der Waals surface area contributed by atoms with Crippen molar-refractivity contribution < 1.29 is 19.0 Å². The number of carbonyl (C=O) groups excluding carboxylic acids is 1. The number of methoxy groups -OCH3 is 1.